The Labute approximate surface area is 619 Å². The molecule has 0 aromatic rings. The average Bonchev–Trinajstić information content (AvgIpc) is 0.824. The van der Waals surface area contributed by atoms with Gasteiger partial charge in [0.1, 0.15) is 24.4 Å². The second-order valence-electron chi connectivity index (χ2n) is 31.0. The lowest BCUT2D eigenvalue weighted by Gasteiger charge is -2.40. The van der Waals surface area contributed by atoms with Crippen molar-refractivity contribution in [2.24, 2.45) is 0 Å². The number of ether oxygens (including phenoxy) is 3. The minimum atomic E-state index is -1.57. The number of unbranched alkanes of at least 4 members (excludes halogenated alkanes) is 62. The van der Waals surface area contributed by atoms with Crippen LogP contribution in [-0.4, -0.2) is 100 Å². The van der Waals surface area contributed by atoms with Crippen molar-refractivity contribution in [1.82, 2.24) is 5.32 Å². The van der Waals surface area contributed by atoms with Gasteiger partial charge < -0.3 is 45.1 Å². The zero-order valence-electron chi connectivity index (χ0n) is 66.2. The Kier molecular flexibility index (Phi) is 74.8. The maximum absolute atomic E-state index is 13.1. The van der Waals surface area contributed by atoms with Crippen LogP contribution in [0.5, 0.6) is 0 Å². The van der Waals surface area contributed by atoms with Gasteiger partial charge in [-0.2, -0.15) is 0 Å². The quantitative estimate of drug-likeness (QED) is 0.0195. The fraction of sp³-hybridized carbons (Fsp3) is 0.910. The van der Waals surface area contributed by atoms with Gasteiger partial charge in [0.2, 0.25) is 5.91 Å². The first-order chi connectivity index (χ1) is 49.2. The smallest absolute Gasteiger partial charge is 0.305 e. The number of hydrogen-bond donors (Lipinski definition) is 6. The SMILES string of the molecule is CCCCCCCCCCCCCCC/C=C/C(O)C(COC1OC(CO)C(O)C(O)C1O)NC(=O)CCCCCCCCCCCCCCCCCCC/C=C\C/C=C\CCCCCCCCCCCCCCCCCOC(=O)CCCCCCCCCCCCCCCCCCCC. The highest BCUT2D eigenvalue weighted by Crippen LogP contribution is 2.24. The Morgan fingerprint density at radius 1 is 0.370 bits per heavy atom. The summed E-state index contributed by atoms with van der Waals surface area (Å²) in [5.74, 6) is -0.155. The normalized spacial score (nSPS) is 17.2. The van der Waals surface area contributed by atoms with E-state index >= 15 is 0 Å². The predicted molar refractivity (Wildman–Crippen MR) is 426 cm³/mol. The molecule has 0 aromatic carbocycles. The van der Waals surface area contributed by atoms with Gasteiger partial charge in [0.25, 0.3) is 0 Å². The van der Waals surface area contributed by atoms with Gasteiger partial charge >= 0.3 is 5.97 Å². The Balaban J connectivity index is 1.89. The van der Waals surface area contributed by atoms with Crippen LogP contribution in [0.1, 0.15) is 457 Å². The molecule has 1 rings (SSSR count). The van der Waals surface area contributed by atoms with Gasteiger partial charge in [0.15, 0.2) is 6.29 Å². The van der Waals surface area contributed by atoms with Crippen molar-refractivity contribution in [1.29, 1.82) is 0 Å². The van der Waals surface area contributed by atoms with Crippen molar-refractivity contribution in [3.8, 4) is 0 Å². The van der Waals surface area contributed by atoms with E-state index in [4.69, 9.17) is 14.2 Å². The number of allylic oxidation sites excluding steroid dienone is 5. The number of hydrogen-bond acceptors (Lipinski definition) is 10. The van der Waals surface area contributed by atoms with E-state index in [0.717, 1.165) is 57.8 Å². The summed E-state index contributed by atoms with van der Waals surface area (Å²) in [6.45, 7) is 4.42. The van der Waals surface area contributed by atoms with Gasteiger partial charge in [-0.15, -0.1) is 0 Å². The summed E-state index contributed by atoms with van der Waals surface area (Å²) in [7, 11) is 0. The summed E-state index contributed by atoms with van der Waals surface area (Å²) in [5, 5.41) is 54.7. The number of amides is 1. The van der Waals surface area contributed by atoms with Crippen LogP contribution in [0.25, 0.3) is 0 Å². The van der Waals surface area contributed by atoms with Crippen LogP contribution in [0, 0.1) is 0 Å². The van der Waals surface area contributed by atoms with Crippen molar-refractivity contribution < 1.29 is 49.3 Å². The second kappa shape index (κ2) is 78.0. The van der Waals surface area contributed by atoms with E-state index in [1.165, 1.54) is 372 Å². The minimum absolute atomic E-state index is 0.0201. The van der Waals surface area contributed by atoms with E-state index in [0.29, 0.717) is 19.4 Å². The molecule has 7 atom stereocenters. The van der Waals surface area contributed by atoms with Crippen molar-refractivity contribution in [3.05, 3.63) is 36.5 Å². The third-order valence-electron chi connectivity index (χ3n) is 21.2. The van der Waals surface area contributed by atoms with Crippen LogP contribution in [0.15, 0.2) is 36.5 Å². The Morgan fingerprint density at radius 2 is 0.670 bits per heavy atom. The molecular formula is C89H169NO10. The molecule has 1 saturated heterocycles. The van der Waals surface area contributed by atoms with E-state index in [-0.39, 0.29) is 18.5 Å². The summed E-state index contributed by atoms with van der Waals surface area (Å²) < 4.78 is 16.8. The fourth-order valence-corrected chi connectivity index (χ4v) is 14.4. The van der Waals surface area contributed by atoms with Gasteiger partial charge in [-0.25, -0.2) is 0 Å². The third-order valence-corrected chi connectivity index (χ3v) is 21.2. The fourth-order valence-electron chi connectivity index (χ4n) is 14.4. The summed E-state index contributed by atoms with van der Waals surface area (Å²) in [5.41, 5.74) is 0. The predicted octanol–water partition coefficient (Wildman–Crippen LogP) is 24.8. The van der Waals surface area contributed by atoms with Crippen molar-refractivity contribution in [3.63, 3.8) is 0 Å². The zero-order chi connectivity index (χ0) is 72.2. The molecule has 1 fully saturated rings. The number of esters is 1. The number of carbonyl (C=O) groups is 2. The van der Waals surface area contributed by atoms with E-state index in [1.54, 1.807) is 6.08 Å². The number of nitrogens with one attached hydrogen (secondary N) is 1. The summed E-state index contributed by atoms with van der Waals surface area (Å²) >= 11 is 0. The van der Waals surface area contributed by atoms with Crippen molar-refractivity contribution in [2.75, 3.05) is 19.8 Å². The van der Waals surface area contributed by atoms with Gasteiger partial charge in [0.05, 0.1) is 32.0 Å². The molecule has 100 heavy (non-hydrogen) atoms. The highest BCUT2D eigenvalue weighted by Gasteiger charge is 2.44. The van der Waals surface area contributed by atoms with Crippen LogP contribution in [0.4, 0.5) is 0 Å². The monoisotopic (exact) mass is 1410 g/mol. The molecule has 6 N–H and O–H groups in total. The average molecular weight is 1410 g/mol. The summed E-state index contributed by atoms with van der Waals surface area (Å²) in [6.07, 6.45) is 93.4. The summed E-state index contributed by atoms with van der Waals surface area (Å²) in [6, 6.07) is -0.808. The lowest BCUT2D eigenvalue weighted by Crippen LogP contribution is -2.60. The van der Waals surface area contributed by atoms with E-state index < -0.39 is 49.5 Å². The number of rotatable bonds is 80. The van der Waals surface area contributed by atoms with Gasteiger partial charge in [-0.3, -0.25) is 9.59 Å². The molecule has 0 spiro atoms. The molecule has 0 radical (unpaired) electrons. The number of aliphatic hydroxyl groups is 5. The highest BCUT2D eigenvalue weighted by atomic mass is 16.7. The number of aliphatic hydroxyl groups excluding tert-OH is 5. The molecule has 11 heteroatoms. The van der Waals surface area contributed by atoms with Gasteiger partial charge in [-0.05, 0) is 64.2 Å². The first kappa shape index (κ1) is 95.9. The largest absolute Gasteiger partial charge is 0.466 e. The topological polar surface area (TPSA) is 175 Å². The zero-order valence-corrected chi connectivity index (χ0v) is 66.2. The van der Waals surface area contributed by atoms with Crippen LogP contribution < -0.4 is 5.32 Å². The Hall–Kier alpha value is -2.12. The third kappa shape index (κ3) is 65.4. The molecule has 0 aliphatic carbocycles. The molecule has 7 unspecified atom stereocenters. The minimum Gasteiger partial charge on any atom is -0.466 e. The molecular weight excluding hydrogens is 1240 g/mol. The van der Waals surface area contributed by atoms with Gasteiger partial charge in [-0.1, -0.05) is 416 Å². The molecule has 1 aliphatic rings. The molecule has 11 nitrogen and oxygen atoms in total. The van der Waals surface area contributed by atoms with E-state index in [9.17, 15) is 35.1 Å². The van der Waals surface area contributed by atoms with Crippen LogP contribution in [0.2, 0.25) is 0 Å². The lowest BCUT2D eigenvalue weighted by molar-refractivity contribution is -0.302. The highest BCUT2D eigenvalue weighted by molar-refractivity contribution is 5.76. The van der Waals surface area contributed by atoms with E-state index in [2.05, 4.69) is 43.5 Å². The molecule has 0 aromatic heterocycles. The van der Waals surface area contributed by atoms with Crippen molar-refractivity contribution in [2.45, 2.75) is 500 Å². The molecule has 590 valence electrons. The molecule has 1 amide bonds. The maximum Gasteiger partial charge on any atom is 0.305 e. The second-order valence-corrected chi connectivity index (χ2v) is 31.0. The van der Waals surface area contributed by atoms with Crippen LogP contribution in [-0.2, 0) is 23.8 Å². The molecule has 1 heterocycles. The Bertz CT molecular complexity index is 1760. The van der Waals surface area contributed by atoms with Crippen LogP contribution in [0.3, 0.4) is 0 Å². The molecule has 0 saturated carbocycles. The van der Waals surface area contributed by atoms with Crippen molar-refractivity contribution >= 4 is 11.9 Å². The lowest BCUT2D eigenvalue weighted by atomic mass is 9.99. The van der Waals surface area contributed by atoms with E-state index in [1.807, 2.05) is 6.08 Å². The van der Waals surface area contributed by atoms with Gasteiger partial charge in [0, 0.05) is 12.8 Å². The molecule has 0 bridgehead atoms. The van der Waals surface area contributed by atoms with Crippen LogP contribution >= 0.6 is 0 Å². The Morgan fingerprint density at radius 3 is 1.01 bits per heavy atom. The first-order valence-corrected chi connectivity index (χ1v) is 44.3. The molecule has 1 aliphatic heterocycles. The standard InChI is InChI=1S/C89H169NO10/c1-3-5-7-9-11-13-15-17-19-20-45-49-53-57-61-65-69-73-77-85(94)98-78-74-70-66-62-58-54-50-46-43-41-39-37-35-33-31-29-27-25-23-21-22-24-26-28-30-32-34-36-38-40-42-44-48-52-56-60-64-68-72-76-84(93)90-81(80-99-89-88(97)87(96)86(95)83(79-91)100-89)82(92)75-71-67-63-59-55-51-47-18-16-14-12-10-8-6-4-2/h21-22,25,27,71,75,81-83,86-89,91-92,95-97H,3-20,23-24,26,28-70,72-74,76-80H2,1-2H3,(H,90,93)/b22-21-,27-25-,75-71+. The number of carbonyl (C=O) groups excluding carboxylic acids is 2. The summed E-state index contributed by atoms with van der Waals surface area (Å²) in [4.78, 5) is 25.3. The maximum atomic E-state index is 13.1. The first-order valence-electron chi connectivity index (χ1n) is 44.3.